The van der Waals surface area contributed by atoms with Crippen LogP contribution in [0.3, 0.4) is 0 Å². The molecule has 4 rings (SSSR count). The standard InChI is InChI=1S/C20H20N4O2S3/c1-13-12-14(8-9-15(13)23-29(2,25)26)24-19(17-7-5-11-28-17)18(22-20(24)27)16-6-3-4-10-21-16/h3-12,18-19,23H,1-2H3,(H,22,27)/t18-,19+/m1/s1. The number of aromatic nitrogens is 1. The molecule has 0 spiro atoms. The Morgan fingerprint density at radius 1 is 1.21 bits per heavy atom. The van der Waals surface area contributed by atoms with Gasteiger partial charge in [0.2, 0.25) is 10.0 Å². The minimum Gasteiger partial charge on any atom is -0.351 e. The summed E-state index contributed by atoms with van der Waals surface area (Å²) in [5, 5.41) is 6.08. The number of aryl methyl sites for hydroxylation is 1. The van der Waals surface area contributed by atoms with Crippen LogP contribution in [0.5, 0.6) is 0 Å². The van der Waals surface area contributed by atoms with E-state index >= 15 is 0 Å². The topological polar surface area (TPSA) is 74.3 Å². The molecule has 1 saturated heterocycles. The zero-order chi connectivity index (χ0) is 20.6. The summed E-state index contributed by atoms with van der Waals surface area (Å²) in [6.07, 6.45) is 2.92. The molecule has 1 fully saturated rings. The van der Waals surface area contributed by atoms with Crippen LogP contribution in [-0.4, -0.2) is 24.8 Å². The van der Waals surface area contributed by atoms with Crippen LogP contribution in [-0.2, 0) is 10.0 Å². The minimum atomic E-state index is -3.34. The first-order valence-corrected chi connectivity index (χ1v) is 12.1. The minimum absolute atomic E-state index is 0.0504. The molecule has 3 heterocycles. The summed E-state index contributed by atoms with van der Waals surface area (Å²) in [6, 6.07) is 15.5. The average Bonchev–Trinajstić information content (AvgIpc) is 3.30. The van der Waals surface area contributed by atoms with Gasteiger partial charge in [-0.2, -0.15) is 0 Å². The maximum Gasteiger partial charge on any atom is 0.229 e. The molecule has 0 unspecified atom stereocenters. The second kappa shape index (κ2) is 7.74. The zero-order valence-corrected chi connectivity index (χ0v) is 18.3. The van der Waals surface area contributed by atoms with Crippen LogP contribution >= 0.6 is 23.6 Å². The Morgan fingerprint density at radius 2 is 2.03 bits per heavy atom. The van der Waals surface area contributed by atoms with Crippen LogP contribution in [0, 0.1) is 6.92 Å². The molecule has 0 amide bonds. The lowest BCUT2D eigenvalue weighted by atomic mass is 10.0. The molecular weight excluding hydrogens is 424 g/mol. The number of hydrogen-bond donors (Lipinski definition) is 2. The summed E-state index contributed by atoms with van der Waals surface area (Å²) in [4.78, 5) is 7.79. The molecule has 2 N–H and O–H groups in total. The Labute approximate surface area is 179 Å². The SMILES string of the molecule is Cc1cc(N2C(=S)N[C@H](c3ccccn3)[C@@H]2c2cccs2)ccc1NS(C)(=O)=O. The van der Waals surface area contributed by atoms with Crippen LogP contribution in [0.1, 0.15) is 28.2 Å². The molecule has 1 aliphatic rings. The fraction of sp³-hybridized carbons (Fsp3) is 0.200. The zero-order valence-electron chi connectivity index (χ0n) is 15.9. The van der Waals surface area contributed by atoms with Crippen LogP contribution in [0.15, 0.2) is 60.1 Å². The second-order valence-corrected chi connectivity index (χ2v) is 10.00. The van der Waals surface area contributed by atoms with Crippen LogP contribution in [0.25, 0.3) is 0 Å². The van der Waals surface area contributed by atoms with E-state index in [1.807, 2.05) is 43.3 Å². The maximum absolute atomic E-state index is 11.6. The number of sulfonamides is 1. The number of thiophene rings is 1. The molecule has 2 aromatic heterocycles. The van der Waals surface area contributed by atoms with Crippen molar-refractivity contribution in [1.29, 1.82) is 0 Å². The molecule has 29 heavy (non-hydrogen) atoms. The predicted octanol–water partition coefficient (Wildman–Crippen LogP) is 4.00. The van der Waals surface area contributed by atoms with E-state index < -0.39 is 10.0 Å². The van der Waals surface area contributed by atoms with Crippen LogP contribution in [0.4, 0.5) is 11.4 Å². The van der Waals surface area contributed by atoms with E-state index in [1.54, 1.807) is 23.6 Å². The molecule has 150 valence electrons. The molecule has 6 nitrogen and oxygen atoms in total. The maximum atomic E-state index is 11.6. The lowest BCUT2D eigenvalue weighted by Gasteiger charge is -2.27. The van der Waals surface area contributed by atoms with Crippen molar-refractivity contribution in [1.82, 2.24) is 10.3 Å². The Bertz CT molecular complexity index is 1130. The van der Waals surface area contributed by atoms with Crippen molar-refractivity contribution in [2.24, 2.45) is 0 Å². The molecule has 9 heteroatoms. The van der Waals surface area contributed by atoms with Gasteiger partial charge in [-0.3, -0.25) is 9.71 Å². The van der Waals surface area contributed by atoms with E-state index in [9.17, 15) is 8.42 Å². The molecule has 3 aromatic rings. The average molecular weight is 445 g/mol. The van der Waals surface area contributed by atoms with Crippen LogP contribution < -0.4 is 14.9 Å². The third-order valence-corrected chi connectivity index (χ3v) is 6.56. The second-order valence-electron chi connectivity index (χ2n) is 6.89. The number of hydrogen-bond acceptors (Lipinski definition) is 5. The highest BCUT2D eigenvalue weighted by Crippen LogP contribution is 2.43. The van der Waals surface area contributed by atoms with E-state index in [-0.39, 0.29) is 12.1 Å². The van der Waals surface area contributed by atoms with E-state index in [1.165, 1.54) is 4.88 Å². The monoisotopic (exact) mass is 444 g/mol. The summed E-state index contributed by atoms with van der Waals surface area (Å²) in [5.41, 5.74) is 3.20. The summed E-state index contributed by atoms with van der Waals surface area (Å²) in [7, 11) is -3.34. The molecule has 1 aliphatic heterocycles. The molecule has 0 bridgehead atoms. The first kappa shape index (κ1) is 19.8. The highest BCUT2D eigenvalue weighted by atomic mass is 32.2. The molecule has 2 atom stereocenters. The van der Waals surface area contributed by atoms with Gasteiger partial charge in [0.05, 0.1) is 29.7 Å². The fourth-order valence-corrected chi connectivity index (χ4v) is 5.32. The van der Waals surface area contributed by atoms with Gasteiger partial charge in [-0.05, 0) is 66.5 Å². The Morgan fingerprint density at radius 3 is 2.66 bits per heavy atom. The summed E-state index contributed by atoms with van der Waals surface area (Å²) < 4.78 is 25.7. The van der Waals surface area contributed by atoms with Gasteiger partial charge in [0.1, 0.15) is 0 Å². The summed E-state index contributed by atoms with van der Waals surface area (Å²) >= 11 is 7.37. The number of pyridine rings is 1. The number of anilines is 2. The van der Waals surface area contributed by atoms with E-state index in [4.69, 9.17) is 12.2 Å². The molecular formula is C20H20N4O2S3. The van der Waals surface area contributed by atoms with Gasteiger partial charge in [-0.15, -0.1) is 11.3 Å². The van der Waals surface area contributed by atoms with E-state index in [0.717, 1.165) is 23.2 Å². The predicted molar refractivity (Wildman–Crippen MR) is 122 cm³/mol. The molecule has 0 saturated carbocycles. The van der Waals surface area contributed by atoms with Crippen molar-refractivity contribution in [3.8, 4) is 0 Å². The Kier molecular flexibility index (Phi) is 5.28. The number of benzene rings is 1. The van der Waals surface area contributed by atoms with Gasteiger partial charge >= 0.3 is 0 Å². The third kappa shape index (κ3) is 4.12. The number of nitrogens with one attached hydrogen (secondary N) is 2. The number of rotatable bonds is 5. The summed E-state index contributed by atoms with van der Waals surface area (Å²) in [6.45, 7) is 1.87. The van der Waals surface area contributed by atoms with Crippen molar-refractivity contribution in [3.05, 3.63) is 76.2 Å². The van der Waals surface area contributed by atoms with Crippen molar-refractivity contribution in [2.75, 3.05) is 15.9 Å². The normalized spacial score (nSPS) is 19.2. The quantitative estimate of drug-likeness (QED) is 0.580. The molecule has 1 aromatic carbocycles. The number of nitrogens with zero attached hydrogens (tertiary/aromatic N) is 2. The first-order chi connectivity index (χ1) is 13.8. The smallest absolute Gasteiger partial charge is 0.229 e. The molecule has 0 radical (unpaired) electrons. The molecule has 0 aliphatic carbocycles. The third-order valence-electron chi connectivity index (χ3n) is 4.72. The Hall–Kier alpha value is -2.49. The van der Waals surface area contributed by atoms with Crippen molar-refractivity contribution in [2.45, 2.75) is 19.0 Å². The highest BCUT2D eigenvalue weighted by Gasteiger charge is 2.41. The fourth-order valence-electron chi connectivity index (χ4n) is 3.49. The van der Waals surface area contributed by atoms with E-state index in [0.29, 0.717) is 10.8 Å². The van der Waals surface area contributed by atoms with Crippen molar-refractivity contribution >= 4 is 50.1 Å². The van der Waals surface area contributed by atoms with Gasteiger partial charge in [-0.1, -0.05) is 12.1 Å². The van der Waals surface area contributed by atoms with Gasteiger partial charge in [0, 0.05) is 16.8 Å². The van der Waals surface area contributed by atoms with Gasteiger partial charge in [-0.25, -0.2) is 8.42 Å². The van der Waals surface area contributed by atoms with E-state index in [2.05, 4.69) is 31.4 Å². The van der Waals surface area contributed by atoms with Crippen molar-refractivity contribution < 1.29 is 8.42 Å². The van der Waals surface area contributed by atoms with Gasteiger partial charge in [0.15, 0.2) is 5.11 Å². The lowest BCUT2D eigenvalue weighted by molar-refractivity contribution is 0.575. The summed E-state index contributed by atoms with van der Waals surface area (Å²) in [5.74, 6) is 0. The van der Waals surface area contributed by atoms with Gasteiger partial charge < -0.3 is 10.2 Å². The first-order valence-electron chi connectivity index (χ1n) is 8.96. The Balaban J connectivity index is 1.76. The lowest BCUT2D eigenvalue weighted by Crippen LogP contribution is -2.29. The number of thiocarbonyl (C=S) groups is 1. The highest BCUT2D eigenvalue weighted by molar-refractivity contribution is 7.92. The van der Waals surface area contributed by atoms with Crippen molar-refractivity contribution in [3.63, 3.8) is 0 Å². The van der Waals surface area contributed by atoms with Gasteiger partial charge in [0.25, 0.3) is 0 Å². The van der Waals surface area contributed by atoms with Crippen LogP contribution in [0.2, 0.25) is 0 Å². The largest absolute Gasteiger partial charge is 0.351 e.